The Morgan fingerprint density at radius 3 is 1.76 bits per heavy atom. The summed E-state index contributed by atoms with van der Waals surface area (Å²) in [5, 5.41) is 7.76. The fourth-order valence-corrected chi connectivity index (χ4v) is 8.43. The van der Waals surface area contributed by atoms with Gasteiger partial charge in [-0.25, -0.2) is 0 Å². The van der Waals surface area contributed by atoms with E-state index in [2.05, 4.69) is 185 Å². The normalized spacial score (nSPS) is 13.4. The number of hydrogen-bond donors (Lipinski definition) is 0. The van der Waals surface area contributed by atoms with Crippen molar-refractivity contribution >= 4 is 38.4 Å². The number of benzene rings is 8. The van der Waals surface area contributed by atoms with Gasteiger partial charge in [0.1, 0.15) is 0 Å². The second kappa shape index (κ2) is 11.7. The lowest BCUT2D eigenvalue weighted by atomic mass is 9.81. The molecule has 0 aliphatic heterocycles. The third-order valence-corrected chi connectivity index (χ3v) is 11.1. The van der Waals surface area contributed by atoms with Crippen LogP contribution in [-0.2, 0) is 11.8 Å². The van der Waals surface area contributed by atoms with Gasteiger partial charge in [-0.2, -0.15) is 0 Å². The van der Waals surface area contributed by atoms with Crippen LogP contribution in [0.2, 0.25) is 0 Å². The van der Waals surface area contributed by atoms with Crippen LogP contribution in [0.15, 0.2) is 152 Å². The maximum absolute atomic E-state index is 2.48. The van der Waals surface area contributed by atoms with Crippen LogP contribution in [0.5, 0.6) is 0 Å². The molecule has 1 aliphatic carbocycles. The molecule has 9 rings (SSSR count). The van der Waals surface area contributed by atoms with Crippen LogP contribution in [0.3, 0.4) is 0 Å². The molecule has 50 heavy (non-hydrogen) atoms. The fourth-order valence-electron chi connectivity index (χ4n) is 8.43. The molecule has 0 heterocycles. The Balaban J connectivity index is 1.24. The smallest absolute Gasteiger partial charge is 0.0159 e. The number of hydrogen-bond acceptors (Lipinski definition) is 0. The van der Waals surface area contributed by atoms with E-state index in [0.717, 1.165) is 6.42 Å². The predicted molar refractivity (Wildman–Crippen MR) is 217 cm³/mol. The Morgan fingerprint density at radius 2 is 1.04 bits per heavy atom. The number of aryl methyl sites for hydroxylation is 1. The van der Waals surface area contributed by atoms with Gasteiger partial charge in [-0.3, -0.25) is 0 Å². The number of fused-ring (bicyclic) bond motifs is 7. The molecule has 0 saturated heterocycles. The predicted octanol–water partition coefficient (Wildman–Crippen LogP) is 14.0. The highest BCUT2D eigenvalue weighted by Gasteiger charge is 2.35. The number of rotatable bonds is 5. The lowest BCUT2D eigenvalue weighted by Gasteiger charge is -2.22. The lowest BCUT2D eigenvalue weighted by molar-refractivity contribution is 0.661. The average Bonchev–Trinajstić information content (AvgIpc) is 3.39. The van der Waals surface area contributed by atoms with Crippen molar-refractivity contribution in [1.29, 1.82) is 0 Å². The molecule has 0 bridgehead atoms. The lowest BCUT2D eigenvalue weighted by Crippen LogP contribution is -2.14. The molecule has 0 unspecified atom stereocenters. The summed E-state index contributed by atoms with van der Waals surface area (Å²) < 4.78 is 0. The van der Waals surface area contributed by atoms with Crippen LogP contribution in [0.4, 0.5) is 0 Å². The second-order valence-electron chi connectivity index (χ2n) is 14.4. The van der Waals surface area contributed by atoms with Gasteiger partial charge in [0.15, 0.2) is 0 Å². The fraction of sp³-hybridized carbons (Fsp3) is 0.120. The van der Waals surface area contributed by atoms with E-state index in [0.29, 0.717) is 0 Å². The Labute approximate surface area is 295 Å². The van der Waals surface area contributed by atoms with E-state index in [-0.39, 0.29) is 5.41 Å². The van der Waals surface area contributed by atoms with Crippen molar-refractivity contribution in [2.75, 3.05) is 0 Å². The Bertz CT molecular complexity index is 2650. The molecule has 8 aromatic carbocycles. The third-order valence-electron chi connectivity index (χ3n) is 11.1. The minimum atomic E-state index is -0.0384. The van der Waals surface area contributed by atoms with Gasteiger partial charge in [0.2, 0.25) is 0 Å². The van der Waals surface area contributed by atoms with Gasteiger partial charge in [-0.1, -0.05) is 136 Å². The van der Waals surface area contributed by atoms with E-state index in [1.54, 1.807) is 0 Å². The van der Waals surface area contributed by atoms with Gasteiger partial charge in [-0.15, -0.1) is 0 Å². The summed E-state index contributed by atoms with van der Waals surface area (Å²) in [6.07, 6.45) is 5.44. The summed E-state index contributed by atoms with van der Waals surface area (Å²) in [6.45, 7) is 9.09. The molecule has 240 valence electrons. The van der Waals surface area contributed by atoms with Crippen molar-refractivity contribution in [2.45, 2.75) is 39.5 Å². The minimum absolute atomic E-state index is 0.0384. The van der Waals surface area contributed by atoms with Crippen LogP contribution in [0.1, 0.15) is 49.9 Å². The summed E-state index contributed by atoms with van der Waals surface area (Å²) in [5.41, 5.74) is 15.6. The maximum atomic E-state index is 2.48. The van der Waals surface area contributed by atoms with Crippen molar-refractivity contribution in [1.82, 2.24) is 0 Å². The topological polar surface area (TPSA) is 0 Å². The SMILES string of the molecule is C/C=C\c1c(CC)ccc2ccc(-c3cc(-c4ccccc4)cc(-c4ccc5ccc6cc7c(cc6c5c4)C(C)(C)c4ccccc4-7)c3)cc12. The van der Waals surface area contributed by atoms with Gasteiger partial charge in [0, 0.05) is 5.41 Å². The molecule has 0 amide bonds. The first-order chi connectivity index (χ1) is 24.4. The third kappa shape index (κ3) is 4.82. The van der Waals surface area contributed by atoms with Crippen LogP contribution < -0.4 is 0 Å². The van der Waals surface area contributed by atoms with Crippen LogP contribution in [0, 0.1) is 0 Å². The molecule has 0 atom stereocenters. The molecule has 0 fully saturated rings. The van der Waals surface area contributed by atoms with Crippen molar-refractivity contribution in [2.24, 2.45) is 0 Å². The maximum Gasteiger partial charge on any atom is 0.0159 e. The molecule has 8 aromatic rings. The largest absolute Gasteiger partial charge is 0.0870 e. The van der Waals surface area contributed by atoms with Gasteiger partial charge < -0.3 is 0 Å². The summed E-state index contributed by atoms with van der Waals surface area (Å²) >= 11 is 0. The second-order valence-corrected chi connectivity index (χ2v) is 14.4. The van der Waals surface area contributed by atoms with Crippen molar-refractivity contribution < 1.29 is 0 Å². The van der Waals surface area contributed by atoms with Crippen LogP contribution in [-0.4, -0.2) is 0 Å². The standard InChI is InChI=1S/C50H40/c1-5-12-42-32(6-2)17-18-34-19-22-36(28-44(34)42)40-25-39(33-13-8-7-9-14-33)26-41(27-40)37-23-20-35-21-24-38-30-47-43-15-10-11-16-48(43)50(3,4)49(47)31-46(38)45(35)29-37/h5,7-31H,6H2,1-4H3/b12-5-. The van der Waals surface area contributed by atoms with Gasteiger partial charge in [0.05, 0.1) is 0 Å². The molecule has 0 N–H and O–H groups in total. The van der Waals surface area contributed by atoms with E-state index in [1.165, 1.54) is 99.1 Å². The zero-order valence-corrected chi connectivity index (χ0v) is 29.2. The zero-order valence-electron chi connectivity index (χ0n) is 29.2. The average molecular weight is 641 g/mol. The first kappa shape index (κ1) is 30.3. The molecule has 1 aliphatic rings. The van der Waals surface area contributed by atoms with Crippen molar-refractivity contribution in [3.05, 3.63) is 174 Å². The quantitative estimate of drug-likeness (QED) is 0.164. The van der Waals surface area contributed by atoms with Crippen molar-refractivity contribution in [3.63, 3.8) is 0 Å². The number of allylic oxidation sites excluding steroid dienone is 1. The first-order valence-electron chi connectivity index (χ1n) is 17.9. The molecule has 0 spiro atoms. The Hall–Kier alpha value is -5.72. The highest BCUT2D eigenvalue weighted by molar-refractivity contribution is 6.11. The van der Waals surface area contributed by atoms with E-state index in [1.807, 2.05) is 0 Å². The summed E-state index contributed by atoms with van der Waals surface area (Å²) in [5.74, 6) is 0. The van der Waals surface area contributed by atoms with Crippen molar-refractivity contribution in [3.8, 4) is 44.5 Å². The van der Waals surface area contributed by atoms with E-state index < -0.39 is 0 Å². The molecule has 0 saturated carbocycles. The first-order valence-corrected chi connectivity index (χ1v) is 17.9. The zero-order chi connectivity index (χ0) is 34.0. The molecular formula is C50H40. The summed E-state index contributed by atoms with van der Waals surface area (Å²) in [4.78, 5) is 0. The van der Waals surface area contributed by atoms with Gasteiger partial charge in [-0.05, 0) is 155 Å². The Kier molecular flexibility index (Phi) is 7.11. The molecule has 0 radical (unpaired) electrons. The minimum Gasteiger partial charge on any atom is -0.0870 e. The molecule has 0 nitrogen and oxygen atoms in total. The van der Waals surface area contributed by atoms with Crippen LogP contribution in [0.25, 0.3) is 82.9 Å². The summed E-state index contributed by atoms with van der Waals surface area (Å²) in [6, 6.07) is 54.8. The van der Waals surface area contributed by atoms with Gasteiger partial charge >= 0.3 is 0 Å². The summed E-state index contributed by atoms with van der Waals surface area (Å²) in [7, 11) is 0. The monoisotopic (exact) mass is 640 g/mol. The molecule has 0 aromatic heterocycles. The van der Waals surface area contributed by atoms with Gasteiger partial charge in [0.25, 0.3) is 0 Å². The van der Waals surface area contributed by atoms with E-state index in [9.17, 15) is 0 Å². The highest BCUT2D eigenvalue weighted by atomic mass is 14.4. The van der Waals surface area contributed by atoms with Crippen LogP contribution >= 0.6 is 0 Å². The van der Waals surface area contributed by atoms with E-state index >= 15 is 0 Å². The molecular weight excluding hydrogens is 601 g/mol. The van der Waals surface area contributed by atoms with E-state index in [4.69, 9.17) is 0 Å². The Morgan fingerprint density at radius 1 is 0.460 bits per heavy atom. The highest BCUT2D eigenvalue weighted by Crippen LogP contribution is 2.50. The molecule has 0 heteroatoms.